The van der Waals surface area contributed by atoms with Crippen LogP contribution in [0.25, 0.3) is 0 Å². The third kappa shape index (κ3) is 1.62. The van der Waals surface area contributed by atoms with E-state index in [2.05, 4.69) is 4.99 Å². The lowest BCUT2D eigenvalue weighted by molar-refractivity contribution is -0.140. The van der Waals surface area contributed by atoms with Crippen molar-refractivity contribution in [3.8, 4) is 5.75 Å². The first-order valence-electron chi connectivity index (χ1n) is 6.84. The maximum absolute atomic E-state index is 12.3. The fourth-order valence-corrected chi connectivity index (χ4v) is 4.47. The van der Waals surface area contributed by atoms with Crippen LogP contribution in [-0.4, -0.2) is 33.2 Å². The van der Waals surface area contributed by atoms with Gasteiger partial charge in [0.25, 0.3) is 0 Å². The zero-order chi connectivity index (χ0) is 14.8. The highest BCUT2D eigenvalue weighted by Crippen LogP contribution is 2.52. The van der Waals surface area contributed by atoms with Crippen LogP contribution in [-0.2, 0) is 9.59 Å². The lowest BCUT2D eigenvalue weighted by Gasteiger charge is -2.49. The van der Waals surface area contributed by atoms with E-state index in [1.54, 1.807) is 11.8 Å². The molecule has 0 radical (unpaired) electrons. The summed E-state index contributed by atoms with van der Waals surface area (Å²) in [6.45, 7) is 3.37. The number of ether oxygens (including phenoxy) is 1. The molecule has 1 aromatic carbocycles. The fraction of sp³-hybridized carbons (Fsp3) is 0.400. The van der Waals surface area contributed by atoms with Crippen molar-refractivity contribution in [1.82, 2.24) is 4.90 Å². The molecule has 0 spiro atoms. The van der Waals surface area contributed by atoms with E-state index in [0.29, 0.717) is 16.7 Å². The number of amidine groups is 1. The van der Waals surface area contributed by atoms with Gasteiger partial charge in [-0.05, 0) is 19.9 Å². The van der Waals surface area contributed by atoms with Gasteiger partial charge in [0.05, 0.1) is 11.8 Å². The number of carbonyl (C=O) groups is 2. The fourth-order valence-electron chi connectivity index (χ4n) is 3.48. The number of amides is 1. The van der Waals surface area contributed by atoms with Crippen molar-refractivity contribution >= 4 is 28.6 Å². The maximum Gasteiger partial charge on any atom is 0.239 e. The number of thioether (sulfide) groups is 1. The van der Waals surface area contributed by atoms with Gasteiger partial charge in [-0.25, -0.2) is 4.99 Å². The summed E-state index contributed by atoms with van der Waals surface area (Å²) in [5.74, 6) is 0.602. The van der Waals surface area contributed by atoms with Crippen LogP contribution in [0, 0.1) is 5.92 Å². The number of fused-ring (bicyclic) bond motifs is 6. The normalized spacial score (nSPS) is 33.0. The van der Waals surface area contributed by atoms with Gasteiger partial charge >= 0.3 is 0 Å². The minimum atomic E-state index is -0.936. The summed E-state index contributed by atoms with van der Waals surface area (Å²) >= 11 is 1.41. The third-order valence-electron chi connectivity index (χ3n) is 4.28. The zero-order valence-electron chi connectivity index (χ0n) is 11.7. The average molecular weight is 302 g/mol. The lowest BCUT2D eigenvalue weighted by atomic mass is 9.78. The van der Waals surface area contributed by atoms with E-state index in [-0.39, 0.29) is 17.7 Å². The number of hydrogen-bond donors (Lipinski definition) is 0. The minimum Gasteiger partial charge on any atom is -0.465 e. The zero-order valence-corrected chi connectivity index (χ0v) is 12.5. The molecule has 0 N–H and O–H groups in total. The van der Waals surface area contributed by atoms with Crippen LogP contribution >= 0.6 is 11.8 Å². The number of hydrogen-bond acceptors (Lipinski definition) is 5. The van der Waals surface area contributed by atoms with Crippen LogP contribution in [0.3, 0.4) is 0 Å². The Balaban J connectivity index is 1.99. The summed E-state index contributed by atoms with van der Waals surface area (Å²) in [6.07, 6.45) is 0. The molecular weight excluding hydrogens is 288 g/mol. The van der Waals surface area contributed by atoms with E-state index in [1.807, 2.05) is 31.2 Å². The molecule has 3 atom stereocenters. The van der Waals surface area contributed by atoms with Crippen LogP contribution in [0.4, 0.5) is 0 Å². The maximum atomic E-state index is 12.3. The molecule has 0 unspecified atom stereocenters. The van der Waals surface area contributed by atoms with E-state index in [0.717, 1.165) is 5.56 Å². The van der Waals surface area contributed by atoms with Crippen molar-refractivity contribution in [2.24, 2.45) is 10.9 Å². The smallest absolute Gasteiger partial charge is 0.239 e. The molecule has 0 aromatic heterocycles. The summed E-state index contributed by atoms with van der Waals surface area (Å²) in [5, 5.41) is 0.666. The second kappa shape index (κ2) is 4.10. The van der Waals surface area contributed by atoms with Crippen molar-refractivity contribution < 1.29 is 14.3 Å². The van der Waals surface area contributed by atoms with Crippen LogP contribution in [0.2, 0.25) is 0 Å². The molecule has 21 heavy (non-hydrogen) atoms. The monoisotopic (exact) mass is 302 g/mol. The molecule has 3 aliphatic rings. The van der Waals surface area contributed by atoms with E-state index in [9.17, 15) is 9.59 Å². The van der Waals surface area contributed by atoms with Crippen LogP contribution in [0.5, 0.6) is 5.75 Å². The molecule has 2 bridgehead atoms. The molecule has 0 saturated carbocycles. The Kier molecular flexibility index (Phi) is 2.52. The molecule has 1 aromatic rings. The lowest BCUT2D eigenvalue weighted by Crippen LogP contribution is -2.58. The number of benzene rings is 1. The summed E-state index contributed by atoms with van der Waals surface area (Å²) in [5.41, 5.74) is -0.0488. The first-order chi connectivity index (χ1) is 10.0. The molecule has 5 nitrogen and oxygen atoms in total. The molecule has 0 aliphatic carbocycles. The number of ketones is 1. The van der Waals surface area contributed by atoms with Crippen LogP contribution in [0.1, 0.15) is 25.5 Å². The summed E-state index contributed by atoms with van der Waals surface area (Å²) < 4.78 is 6.05. The molecule has 1 amide bonds. The van der Waals surface area contributed by atoms with Gasteiger partial charge < -0.3 is 4.74 Å². The van der Waals surface area contributed by atoms with Gasteiger partial charge in [0.2, 0.25) is 11.6 Å². The van der Waals surface area contributed by atoms with Crippen molar-refractivity contribution in [3.05, 3.63) is 29.8 Å². The molecule has 3 aliphatic heterocycles. The Bertz CT molecular complexity index is 702. The minimum absolute atomic E-state index is 0.00810. The number of para-hydroxylation sites is 1. The highest BCUT2D eigenvalue weighted by molar-refractivity contribution is 8.15. The average Bonchev–Trinajstić information content (AvgIpc) is 2.77. The van der Waals surface area contributed by atoms with Gasteiger partial charge in [0, 0.05) is 5.56 Å². The first-order valence-corrected chi connectivity index (χ1v) is 7.83. The Labute approximate surface area is 126 Å². The molecule has 4 rings (SSSR count). The standard InChI is InChI=1S/C15H14N2O3S/c1-8(18)12-13-9-5-3-4-6-10(9)20-15(12,2)16-14-17(13)11(19)7-21-14/h3-6,12-13H,7H2,1-2H3/t12-,13-,15-/m1/s1. The highest BCUT2D eigenvalue weighted by atomic mass is 32.2. The number of aliphatic imine (C=N–C) groups is 1. The van der Waals surface area contributed by atoms with Gasteiger partial charge in [-0.3, -0.25) is 14.5 Å². The van der Waals surface area contributed by atoms with Crippen LogP contribution in [0.15, 0.2) is 29.3 Å². The van der Waals surface area contributed by atoms with E-state index in [4.69, 9.17) is 4.74 Å². The van der Waals surface area contributed by atoms with Gasteiger partial charge in [0.1, 0.15) is 17.5 Å². The SMILES string of the molecule is CC(=O)[C@@H]1[C@H]2c3ccccc3O[C@@]1(C)N=C1SCC(=O)N12. The van der Waals surface area contributed by atoms with E-state index < -0.39 is 11.6 Å². The third-order valence-corrected chi connectivity index (χ3v) is 5.22. The molecule has 3 heterocycles. The summed E-state index contributed by atoms with van der Waals surface area (Å²) in [6, 6.07) is 7.27. The van der Waals surface area contributed by atoms with Crippen molar-refractivity contribution in [1.29, 1.82) is 0 Å². The van der Waals surface area contributed by atoms with Crippen molar-refractivity contribution in [2.75, 3.05) is 5.75 Å². The molecule has 1 fully saturated rings. The second-order valence-electron chi connectivity index (χ2n) is 5.67. The van der Waals surface area contributed by atoms with Crippen molar-refractivity contribution in [2.45, 2.75) is 25.6 Å². The largest absolute Gasteiger partial charge is 0.465 e. The molecular formula is C15H14N2O3S. The second-order valence-corrected chi connectivity index (χ2v) is 6.62. The number of Topliss-reactive ketones (excluding diaryl/α,β-unsaturated/α-hetero) is 1. The van der Waals surface area contributed by atoms with Gasteiger partial charge in [-0.1, -0.05) is 30.0 Å². The quantitative estimate of drug-likeness (QED) is 0.796. The van der Waals surface area contributed by atoms with E-state index >= 15 is 0 Å². The van der Waals surface area contributed by atoms with Gasteiger partial charge in [-0.2, -0.15) is 0 Å². The van der Waals surface area contributed by atoms with Crippen LogP contribution < -0.4 is 4.74 Å². The number of carbonyl (C=O) groups excluding carboxylic acids is 2. The Hall–Kier alpha value is -1.82. The van der Waals surface area contributed by atoms with Crippen molar-refractivity contribution in [3.63, 3.8) is 0 Å². The Morgan fingerprint density at radius 2 is 2.24 bits per heavy atom. The predicted molar refractivity (Wildman–Crippen MR) is 79.1 cm³/mol. The van der Waals surface area contributed by atoms with Gasteiger partial charge in [-0.15, -0.1) is 0 Å². The van der Waals surface area contributed by atoms with Gasteiger partial charge in [0.15, 0.2) is 5.17 Å². The van der Waals surface area contributed by atoms with E-state index in [1.165, 1.54) is 11.8 Å². The predicted octanol–water partition coefficient (Wildman–Crippen LogP) is 1.99. The molecule has 6 heteroatoms. The topological polar surface area (TPSA) is 59.0 Å². The summed E-state index contributed by atoms with van der Waals surface area (Å²) in [4.78, 5) is 30.8. The molecule has 1 saturated heterocycles. The summed E-state index contributed by atoms with van der Waals surface area (Å²) in [7, 11) is 0. The highest BCUT2D eigenvalue weighted by Gasteiger charge is 2.58. The number of nitrogens with zero attached hydrogens (tertiary/aromatic N) is 2. The Morgan fingerprint density at radius 3 is 3.00 bits per heavy atom. The first kappa shape index (κ1) is 12.9. The Morgan fingerprint density at radius 1 is 1.48 bits per heavy atom. The number of rotatable bonds is 1. The molecule has 108 valence electrons.